The van der Waals surface area contributed by atoms with Crippen LogP contribution in [-0.2, 0) is 0 Å². The number of anilines is 1. The summed E-state index contributed by atoms with van der Waals surface area (Å²) in [6.07, 6.45) is 1.04. The van der Waals surface area contributed by atoms with Crippen molar-refractivity contribution in [2.75, 3.05) is 11.9 Å². The van der Waals surface area contributed by atoms with Crippen LogP contribution in [-0.4, -0.2) is 33.8 Å². The van der Waals surface area contributed by atoms with E-state index in [0.29, 0.717) is 18.9 Å². The van der Waals surface area contributed by atoms with Crippen molar-refractivity contribution >= 4 is 17.3 Å². The van der Waals surface area contributed by atoms with Gasteiger partial charge in [0.25, 0.3) is 5.69 Å². The predicted octanol–water partition coefficient (Wildman–Crippen LogP) is 2.00. The molecule has 3 N–H and O–H groups in total. The number of hydrogen-bond acceptors (Lipinski definition) is 5. The molecular formula is C12H15FN2O5. The Labute approximate surface area is 114 Å². The smallest absolute Gasteiger partial charge is 0.338 e. The number of nitro groups is 1. The number of nitrogens with zero attached hydrogens (tertiary/aromatic N) is 1. The van der Waals surface area contributed by atoms with Gasteiger partial charge in [0.05, 0.1) is 4.92 Å². The normalized spacial score (nSPS) is 11.9. The largest absolute Gasteiger partial charge is 0.478 e. The highest BCUT2D eigenvalue weighted by Crippen LogP contribution is 2.28. The zero-order valence-corrected chi connectivity index (χ0v) is 10.8. The number of rotatable bonds is 7. The molecule has 0 bridgehead atoms. The second-order valence-corrected chi connectivity index (χ2v) is 4.32. The molecule has 1 unspecified atom stereocenters. The van der Waals surface area contributed by atoms with Crippen molar-refractivity contribution in [3.05, 3.63) is 33.6 Å². The molecule has 0 amide bonds. The molecule has 8 heteroatoms. The molecule has 0 aliphatic carbocycles. The van der Waals surface area contributed by atoms with Gasteiger partial charge < -0.3 is 15.5 Å². The summed E-state index contributed by atoms with van der Waals surface area (Å²) in [5.74, 6) is -2.61. The third-order valence-electron chi connectivity index (χ3n) is 2.71. The van der Waals surface area contributed by atoms with E-state index < -0.39 is 28.0 Å². The first-order valence-electron chi connectivity index (χ1n) is 5.95. The standard InChI is InChI=1S/C12H15FN2O5/c1-7(3-2-4-16)14-10-6-9(13)8(12(17)18)5-11(10)15(19)20/h5-7,14,16H,2-4H2,1H3,(H,17,18). The van der Waals surface area contributed by atoms with Crippen molar-refractivity contribution in [2.24, 2.45) is 0 Å². The van der Waals surface area contributed by atoms with Crippen LogP contribution >= 0.6 is 0 Å². The van der Waals surface area contributed by atoms with Gasteiger partial charge in [0.15, 0.2) is 0 Å². The van der Waals surface area contributed by atoms with E-state index in [1.165, 1.54) is 0 Å². The number of nitro benzene ring substituents is 1. The zero-order valence-electron chi connectivity index (χ0n) is 10.8. The van der Waals surface area contributed by atoms with Crippen LogP contribution in [0.4, 0.5) is 15.8 Å². The highest BCUT2D eigenvalue weighted by Gasteiger charge is 2.22. The number of carboxylic acid groups (broad SMARTS) is 1. The number of aliphatic hydroxyl groups excluding tert-OH is 1. The first kappa shape index (κ1) is 15.8. The van der Waals surface area contributed by atoms with E-state index in [1.54, 1.807) is 6.92 Å². The lowest BCUT2D eigenvalue weighted by Gasteiger charge is -2.15. The fourth-order valence-electron chi connectivity index (χ4n) is 1.73. The van der Waals surface area contributed by atoms with E-state index in [4.69, 9.17) is 10.2 Å². The second kappa shape index (κ2) is 6.80. The molecule has 0 spiro atoms. The fraction of sp³-hybridized carbons (Fsp3) is 0.417. The van der Waals surface area contributed by atoms with Gasteiger partial charge >= 0.3 is 5.97 Å². The minimum Gasteiger partial charge on any atom is -0.478 e. The molecule has 0 heterocycles. The molecule has 0 aromatic heterocycles. The van der Waals surface area contributed by atoms with Crippen molar-refractivity contribution in [1.82, 2.24) is 0 Å². The lowest BCUT2D eigenvalue weighted by Crippen LogP contribution is -2.17. The summed E-state index contributed by atoms with van der Waals surface area (Å²) >= 11 is 0. The number of hydrogen-bond donors (Lipinski definition) is 3. The molecule has 0 fully saturated rings. The molecule has 1 rings (SSSR count). The number of carboxylic acids is 1. The summed E-state index contributed by atoms with van der Waals surface area (Å²) in [4.78, 5) is 20.9. The summed E-state index contributed by atoms with van der Waals surface area (Å²) in [5, 5.41) is 31.1. The highest BCUT2D eigenvalue weighted by atomic mass is 19.1. The van der Waals surface area contributed by atoms with Crippen LogP contribution in [0, 0.1) is 15.9 Å². The van der Waals surface area contributed by atoms with Crippen molar-refractivity contribution in [1.29, 1.82) is 0 Å². The molecule has 0 radical (unpaired) electrons. The fourth-order valence-corrected chi connectivity index (χ4v) is 1.73. The first-order chi connectivity index (χ1) is 9.36. The highest BCUT2D eigenvalue weighted by molar-refractivity contribution is 5.90. The third-order valence-corrected chi connectivity index (χ3v) is 2.71. The van der Waals surface area contributed by atoms with Crippen LogP contribution in [0.5, 0.6) is 0 Å². The summed E-state index contributed by atoms with van der Waals surface area (Å²) in [7, 11) is 0. The van der Waals surface area contributed by atoms with Gasteiger partial charge in [-0.2, -0.15) is 0 Å². The van der Waals surface area contributed by atoms with Crippen LogP contribution in [0.3, 0.4) is 0 Å². The summed E-state index contributed by atoms with van der Waals surface area (Å²) in [6.45, 7) is 1.71. The maximum Gasteiger partial charge on any atom is 0.338 e. The SMILES string of the molecule is CC(CCCO)Nc1cc(F)c(C(=O)O)cc1[N+](=O)[O-]. The number of halogens is 1. The van der Waals surface area contributed by atoms with E-state index in [-0.39, 0.29) is 18.3 Å². The Morgan fingerprint density at radius 3 is 2.70 bits per heavy atom. The molecule has 0 saturated carbocycles. The number of nitrogens with one attached hydrogen (secondary N) is 1. The van der Waals surface area contributed by atoms with Crippen molar-refractivity contribution < 1.29 is 24.3 Å². The summed E-state index contributed by atoms with van der Waals surface area (Å²) in [5.41, 5.74) is -1.33. The Hall–Kier alpha value is -2.22. The van der Waals surface area contributed by atoms with Gasteiger partial charge in [-0.3, -0.25) is 10.1 Å². The lowest BCUT2D eigenvalue weighted by atomic mass is 10.1. The average molecular weight is 286 g/mol. The lowest BCUT2D eigenvalue weighted by molar-refractivity contribution is -0.384. The predicted molar refractivity (Wildman–Crippen MR) is 69.4 cm³/mol. The van der Waals surface area contributed by atoms with Gasteiger partial charge in [0, 0.05) is 24.8 Å². The molecule has 7 nitrogen and oxygen atoms in total. The molecule has 0 aliphatic heterocycles. The van der Waals surface area contributed by atoms with E-state index in [0.717, 1.165) is 6.07 Å². The molecular weight excluding hydrogens is 271 g/mol. The number of aromatic carboxylic acids is 1. The topological polar surface area (TPSA) is 113 Å². The van der Waals surface area contributed by atoms with Gasteiger partial charge in [-0.05, 0) is 19.8 Å². The van der Waals surface area contributed by atoms with Crippen molar-refractivity contribution in [2.45, 2.75) is 25.8 Å². The molecule has 0 saturated heterocycles. The van der Waals surface area contributed by atoms with Crippen LogP contribution in [0.1, 0.15) is 30.1 Å². The summed E-state index contributed by atoms with van der Waals surface area (Å²) < 4.78 is 13.6. The zero-order chi connectivity index (χ0) is 15.3. The molecule has 1 atom stereocenters. The van der Waals surface area contributed by atoms with E-state index in [2.05, 4.69) is 5.32 Å². The van der Waals surface area contributed by atoms with Gasteiger partial charge in [0.2, 0.25) is 0 Å². The van der Waals surface area contributed by atoms with Crippen molar-refractivity contribution in [3.63, 3.8) is 0 Å². The molecule has 1 aromatic carbocycles. The van der Waals surface area contributed by atoms with Crippen LogP contribution in [0.25, 0.3) is 0 Å². The number of carbonyl (C=O) groups is 1. The molecule has 110 valence electrons. The number of benzene rings is 1. The van der Waals surface area contributed by atoms with Crippen LogP contribution in [0.15, 0.2) is 12.1 Å². The van der Waals surface area contributed by atoms with Crippen LogP contribution in [0.2, 0.25) is 0 Å². The second-order valence-electron chi connectivity index (χ2n) is 4.32. The summed E-state index contributed by atoms with van der Waals surface area (Å²) in [6, 6.07) is 1.27. The maximum atomic E-state index is 13.6. The van der Waals surface area contributed by atoms with Gasteiger partial charge in [-0.15, -0.1) is 0 Å². The Morgan fingerprint density at radius 2 is 2.20 bits per heavy atom. The third kappa shape index (κ3) is 3.89. The van der Waals surface area contributed by atoms with Crippen LogP contribution < -0.4 is 5.32 Å². The molecule has 1 aromatic rings. The van der Waals surface area contributed by atoms with E-state index in [1.807, 2.05) is 0 Å². The van der Waals surface area contributed by atoms with Gasteiger partial charge in [-0.25, -0.2) is 9.18 Å². The minimum atomic E-state index is -1.56. The van der Waals surface area contributed by atoms with Crippen molar-refractivity contribution in [3.8, 4) is 0 Å². The Balaban J connectivity index is 3.09. The maximum absolute atomic E-state index is 13.6. The Bertz CT molecular complexity index is 521. The van der Waals surface area contributed by atoms with E-state index >= 15 is 0 Å². The molecule has 20 heavy (non-hydrogen) atoms. The first-order valence-corrected chi connectivity index (χ1v) is 5.95. The quantitative estimate of drug-likeness (QED) is 0.522. The number of aliphatic hydroxyl groups is 1. The van der Waals surface area contributed by atoms with Gasteiger partial charge in [-0.1, -0.05) is 0 Å². The Morgan fingerprint density at radius 1 is 1.55 bits per heavy atom. The average Bonchev–Trinajstić information content (AvgIpc) is 2.35. The van der Waals surface area contributed by atoms with Gasteiger partial charge in [0.1, 0.15) is 17.1 Å². The monoisotopic (exact) mass is 286 g/mol. The van der Waals surface area contributed by atoms with E-state index in [9.17, 15) is 19.3 Å². The Kier molecular flexibility index (Phi) is 5.39. The minimum absolute atomic E-state index is 0.0135. The molecule has 0 aliphatic rings.